The predicted octanol–water partition coefficient (Wildman–Crippen LogP) is 2.76. The average molecular weight is 349 g/mol. The zero-order valence-corrected chi connectivity index (χ0v) is 14.2. The van der Waals surface area contributed by atoms with Gasteiger partial charge in [-0.05, 0) is 42.0 Å². The summed E-state index contributed by atoms with van der Waals surface area (Å²) in [6, 6.07) is 16.9. The predicted molar refractivity (Wildman–Crippen MR) is 96.3 cm³/mol. The molecule has 0 spiro atoms. The van der Waals surface area contributed by atoms with Crippen molar-refractivity contribution < 1.29 is 14.6 Å². The number of nitrogens with zero attached hydrogens (tertiary/aromatic N) is 3. The van der Waals surface area contributed by atoms with Gasteiger partial charge in [-0.15, -0.1) is 0 Å². The van der Waals surface area contributed by atoms with Crippen LogP contribution in [0.4, 0.5) is 0 Å². The van der Waals surface area contributed by atoms with Crippen LogP contribution in [0.15, 0.2) is 67.3 Å². The Labute approximate surface area is 151 Å². The molecule has 132 valence electrons. The Balaban J connectivity index is 1.43. The number of nitriles is 1. The molecule has 0 bridgehead atoms. The van der Waals surface area contributed by atoms with Gasteiger partial charge in [0.25, 0.3) is 0 Å². The number of rotatable bonds is 8. The quantitative estimate of drug-likeness (QED) is 0.676. The fourth-order valence-electron chi connectivity index (χ4n) is 2.35. The van der Waals surface area contributed by atoms with Crippen molar-refractivity contribution in [2.45, 2.75) is 12.5 Å². The summed E-state index contributed by atoms with van der Waals surface area (Å²) in [7, 11) is 0. The first kappa shape index (κ1) is 17.5. The van der Waals surface area contributed by atoms with Crippen LogP contribution in [-0.4, -0.2) is 34.0 Å². The van der Waals surface area contributed by atoms with E-state index in [4.69, 9.17) is 14.7 Å². The van der Waals surface area contributed by atoms with Crippen molar-refractivity contribution in [3.63, 3.8) is 0 Å². The topological polar surface area (TPSA) is 80.3 Å². The minimum Gasteiger partial charge on any atom is -0.491 e. The molecule has 0 aliphatic rings. The molecule has 0 aliphatic carbocycles. The van der Waals surface area contributed by atoms with Crippen molar-refractivity contribution in [3.05, 3.63) is 72.8 Å². The summed E-state index contributed by atoms with van der Waals surface area (Å²) in [6.07, 6.45) is 4.93. The highest BCUT2D eigenvalue weighted by atomic mass is 16.5. The Morgan fingerprint density at radius 1 is 1.00 bits per heavy atom. The maximum Gasteiger partial charge on any atom is 0.122 e. The standard InChI is InChI=1S/C20H19N3O3/c21-10-9-16-1-5-19(6-2-16)25-13-18(24)14-26-20-7-3-17(4-8-20)23-12-11-22-15-23/h1-8,11-12,15,18,24H,9,13-14H2. The maximum absolute atomic E-state index is 10.0. The molecule has 1 N–H and O–H groups in total. The van der Waals surface area contributed by atoms with Gasteiger partial charge in [0.1, 0.15) is 30.8 Å². The normalized spacial score (nSPS) is 11.5. The second kappa shape index (κ2) is 8.70. The Morgan fingerprint density at radius 2 is 1.62 bits per heavy atom. The average Bonchev–Trinajstić information content (AvgIpc) is 3.21. The summed E-state index contributed by atoms with van der Waals surface area (Å²) in [4.78, 5) is 4.01. The minimum atomic E-state index is -0.748. The van der Waals surface area contributed by atoms with Crippen LogP contribution < -0.4 is 9.47 Å². The lowest BCUT2D eigenvalue weighted by Gasteiger charge is -2.14. The fourth-order valence-corrected chi connectivity index (χ4v) is 2.35. The largest absolute Gasteiger partial charge is 0.491 e. The summed E-state index contributed by atoms with van der Waals surface area (Å²) in [5, 5.41) is 18.7. The SMILES string of the molecule is N#CCc1ccc(OCC(O)COc2ccc(-n3ccnc3)cc2)cc1. The lowest BCUT2D eigenvalue weighted by atomic mass is 10.2. The van der Waals surface area contributed by atoms with Crippen molar-refractivity contribution in [1.82, 2.24) is 9.55 Å². The molecule has 0 aliphatic heterocycles. The number of ether oxygens (including phenoxy) is 2. The van der Waals surface area contributed by atoms with Crippen LogP contribution in [-0.2, 0) is 6.42 Å². The summed E-state index contributed by atoms with van der Waals surface area (Å²) in [5.41, 5.74) is 1.92. The zero-order valence-electron chi connectivity index (χ0n) is 14.2. The van der Waals surface area contributed by atoms with Gasteiger partial charge in [0.15, 0.2) is 0 Å². The maximum atomic E-state index is 10.0. The molecule has 1 unspecified atom stereocenters. The van der Waals surface area contributed by atoms with E-state index < -0.39 is 6.10 Å². The number of benzene rings is 2. The van der Waals surface area contributed by atoms with Crippen LogP contribution in [0.1, 0.15) is 5.56 Å². The monoisotopic (exact) mass is 349 g/mol. The van der Waals surface area contributed by atoms with E-state index in [1.54, 1.807) is 24.7 Å². The third-order valence-electron chi connectivity index (χ3n) is 3.73. The molecule has 6 nitrogen and oxygen atoms in total. The minimum absolute atomic E-state index is 0.130. The molecule has 2 aromatic carbocycles. The fraction of sp³-hybridized carbons (Fsp3) is 0.200. The molecular formula is C20H19N3O3. The van der Waals surface area contributed by atoms with Crippen LogP contribution in [0.5, 0.6) is 11.5 Å². The van der Waals surface area contributed by atoms with Crippen molar-refractivity contribution in [2.75, 3.05) is 13.2 Å². The third kappa shape index (κ3) is 4.85. The summed E-state index contributed by atoms with van der Waals surface area (Å²) >= 11 is 0. The molecule has 3 rings (SSSR count). The molecule has 1 atom stereocenters. The highest BCUT2D eigenvalue weighted by Crippen LogP contribution is 2.16. The molecule has 0 amide bonds. The van der Waals surface area contributed by atoms with E-state index in [1.807, 2.05) is 47.2 Å². The number of imidazole rings is 1. The van der Waals surface area contributed by atoms with E-state index in [2.05, 4.69) is 11.1 Å². The Hall–Kier alpha value is -3.30. The molecule has 3 aromatic rings. The molecule has 0 fully saturated rings. The van der Waals surface area contributed by atoms with E-state index >= 15 is 0 Å². The second-order valence-corrected chi connectivity index (χ2v) is 5.72. The molecular weight excluding hydrogens is 330 g/mol. The van der Waals surface area contributed by atoms with Gasteiger partial charge < -0.3 is 19.1 Å². The highest BCUT2D eigenvalue weighted by molar-refractivity contribution is 5.37. The third-order valence-corrected chi connectivity index (χ3v) is 3.73. The van der Waals surface area contributed by atoms with Gasteiger partial charge in [-0.2, -0.15) is 5.26 Å². The number of aromatic nitrogens is 2. The Bertz CT molecular complexity index is 838. The highest BCUT2D eigenvalue weighted by Gasteiger charge is 2.07. The first-order valence-corrected chi connectivity index (χ1v) is 8.22. The van der Waals surface area contributed by atoms with Crippen LogP contribution in [0.25, 0.3) is 5.69 Å². The second-order valence-electron chi connectivity index (χ2n) is 5.72. The summed E-state index contributed by atoms with van der Waals surface area (Å²) in [5.74, 6) is 1.32. The zero-order chi connectivity index (χ0) is 18.2. The molecule has 0 saturated heterocycles. The van der Waals surface area contributed by atoms with Gasteiger partial charge in [0.2, 0.25) is 0 Å². The van der Waals surface area contributed by atoms with Crippen molar-refractivity contribution in [2.24, 2.45) is 0 Å². The van der Waals surface area contributed by atoms with E-state index in [1.165, 1.54) is 0 Å². The lowest BCUT2D eigenvalue weighted by molar-refractivity contribution is 0.0626. The van der Waals surface area contributed by atoms with Gasteiger partial charge >= 0.3 is 0 Å². The van der Waals surface area contributed by atoms with Crippen LogP contribution in [0.2, 0.25) is 0 Å². The molecule has 1 heterocycles. The molecule has 0 radical (unpaired) electrons. The molecule has 1 aromatic heterocycles. The van der Waals surface area contributed by atoms with E-state index in [0.717, 1.165) is 11.3 Å². The van der Waals surface area contributed by atoms with E-state index in [0.29, 0.717) is 17.9 Å². The van der Waals surface area contributed by atoms with Crippen LogP contribution in [0.3, 0.4) is 0 Å². The number of hydrogen-bond acceptors (Lipinski definition) is 5. The van der Waals surface area contributed by atoms with Gasteiger partial charge in [-0.25, -0.2) is 4.98 Å². The van der Waals surface area contributed by atoms with Crippen LogP contribution in [0, 0.1) is 11.3 Å². The summed E-state index contributed by atoms with van der Waals surface area (Å²) < 4.78 is 13.0. The van der Waals surface area contributed by atoms with E-state index in [9.17, 15) is 5.11 Å². The molecule has 6 heteroatoms. The van der Waals surface area contributed by atoms with E-state index in [-0.39, 0.29) is 13.2 Å². The van der Waals surface area contributed by atoms with Crippen LogP contribution >= 0.6 is 0 Å². The number of aliphatic hydroxyl groups is 1. The Morgan fingerprint density at radius 3 is 2.15 bits per heavy atom. The first-order valence-electron chi connectivity index (χ1n) is 8.22. The van der Waals surface area contributed by atoms with Crippen molar-refractivity contribution in [3.8, 4) is 23.3 Å². The van der Waals surface area contributed by atoms with Gasteiger partial charge in [-0.3, -0.25) is 0 Å². The van der Waals surface area contributed by atoms with Gasteiger partial charge in [0.05, 0.1) is 18.8 Å². The van der Waals surface area contributed by atoms with Crippen molar-refractivity contribution >= 4 is 0 Å². The smallest absolute Gasteiger partial charge is 0.122 e. The van der Waals surface area contributed by atoms with Gasteiger partial charge in [0, 0.05) is 18.1 Å². The number of aliphatic hydroxyl groups excluding tert-OH is 1. The van der Waals surface area contributed by atoms with Crippen molar-refractivity contribution in [1.29, 1.82) is 5.26 Å². The Kier molecular flexibility index (Phi) is 5.86. The van der Waals surface area contributed by atoms with Gasteiger partial charge in [-0.1, -0.05) is 12.1 Å². The molecule has 26 heavy (non-hydrogen) atoms. The lowest BCUT2D eigenvalue weighted by Crippen LogP contribution is -2.25. The summed E-state index contributed by atoms with van der Waals surface area (Å²) in [6.45, 7) is 0.266. The molecule has 0 saturated carbocycles. The first-order chi connectivity index (χ1) is 12.7. The number of hydrogen-bond donors (Lipinski definition) is 1.